The van der Waals surface area contributed by atoms with Crippen molar-refractivity contribution in [1.29, 1.82) is 0 Å². The van der Waals surface area contributed by atoms with Crippen LogP contribution >= 0.6 is 0 Å². The molecule has 4 saturated carbocycles. The van der Waals surface area contributed by atoms with Crippen molar-refractivity contribution in [3.05, 3.63) is 53.6 Å². The van der Waals surface area contributed by atoms with Crippen LogP contribution in [0.15, 0.2) is 48.1 Å². The lowest BCUT2D eigenvalue weighted by atomic mass is 9.33. The number of esters is 2. The van der Waals surface area contributed by atoms with Crippen molar-refractivity contribution in [1.82, 2.24) is 0 Å². The molecule has 0 aromatic heterocycles. The number of carboxylic acid groups (broad SMARTS) is 2. The summed E-state index contributed by atoms with van der Waals surface area (Å²) in [7, 11) is 0. The predicted molar refractivity (Wildman–Crippen MR) is 325 cm³/mol. The summed E-state index contributed by atoms with van der Waals surface area (Å²) >= 11 is 0. The summed E-state index contributed by atoms with van der Waals surface area (Å²) in [5, 5.41) is 168. The third kappa shape index (κ3) is 12.5. The first kappa shape index (κ1) is 73.9. The lowest BCUT2D eigenvalue weighted by Gasteiger charge is -2.71. The molecule has 15 N–H and O–H groups in total. The van der Waals surface area contributed by atoms with E-state index in [9.17, 15) is 91.0 Å². The van der Waals surface area contributed by atoms with E-state index in [-0.39, 0.29) is 25.7 Å². The molecule has 5 aliphatic heterocycles. The first-order valence-corrected chi connectivity index (χ1v) is 33.4. The molecule has 10 aliphatic rings. The Balaban J connectivity index is 0.889. The van der Waals surface area contributed by atoms with Crippen molar-refractivity contribution < 1.29 is 148 Å². The quantitative estimate of drug-likeness (QED) is 0.0387. The van der Waals surface area contributed by atoms with Crippen molar-refractivity contribution in [2.75, 3.05) is 19.8 Å². The van der Waals surface area contributed by atoms with Crippen LogP contribution in [0.25, 0.3) is 6.08 Å². The number of carbonyl (C=O) groups is 4. The highest BCUT2D eigenvalue weighted by molar-refractivity contribution is 5.87. The molecule has 9 fully saturated rings. The van der Waals surface area contributed by atoms with Gasteiger partial charge in [0.15, 0.2) is 43.5 Å². The monoisotopic (exact) mass is 1380 g/mol. The van der Waals surface area contributed by atoms with E-state index in [1.807, 2.05) is 13.8 Å². The minimum Gasteiger partial charge on any atom is -0.481 e. The van der Waals surface area contributed by atoms with Gasteiger partial charge in [-0.2, -0.15) is 0 Å². The molecule has 5 aliphatic carbocycles. The highest BCUT2D eigenvalue weighted by atomic mass is 16.8. The Hall–Kier alpha value is -4.30. The molecule has 33 atom stereocenters. The maximum atomic E-state index is 16.0. The molecule has 0 radical (unpaired) electrons. The van der Waals surface area contributed by atoms with Gasteiger partial charge in [-0.05, 0) is 123 Å². The van der Waals surface area contributed by atoms with Crippen LogP contribution in [0.3, 0.4) is 0 Å². The normalized spacial score (nSPS) is 50.4. The SMILES string of the molecule is CC1OC(OC2C(OC(=O)C34CCC(C)(C)CC3C3=CCC5C6(C)CC(O)C(OC7OC(C(=O)O)C(O)C(OC8OCC(O)C(O)C8O)C7O)C(C)(C(=O)O)C6CCC5(C)C3(C)CC4O)OC(C)C(O)C2OC(=O)C=Cc2ccccc2)C(O)C(OC2OCC(O)(CO)C2O)C1O. The molecule has 30 heteroatoms. The molecule has 33 unspecified atom stereocenters. The Labute approximate surface area is 559 Å². The van der Waals surface area contributed by atoms with Crippen LogP contribution in [0.5, 0.6) is 0 Å². The smallest absolute Gasteiger partial charge is 0.335 e. The molecule has 544 valence electrons. The summed E-state index contributed by atoms with van der Waals surface area (Å²) in [5.41, 5.74) is -7.67. The second kappa shape index (κ2) is 27.1. The lowest BCUT2D eigenvalue weighted by Crippen LogP contribution is -2.71. The summed E-state index contributed by atoms with van der Waals surface area (Å²) in [6.45, 7) is 12.3. The lowest BCUT2D eigenvalue weighted by molar-refractivity contribution is -0.368. The minimum atomic E-state index is -2.18. The standard InChI is InChI=1S/C67H96O30/c1-28-39(73)46(93-58-51(80)66(86,26-68)27-88-58)44(78)55(89-28)95-50-48(91-38(72)17-14-30-12-10-9-11-13-30)40(74)29(2)90-57(50)97-60(85)67-21-20-61(3,4)22-32(67)31-15-16-35-62(5)23-33(69)52(65(8,59(83)84)36(62)18-19-63(35,6)64(31,7)24-37(67)71)96-56-45(79)47(43(77)49(94-56)53(81)82)92-54-42(76)41(75)34(70)25-87-54/h9-15,17,28-29,32-37,39-52,54-58,68-71,73-80,86H,16,18-27H2,1-8H3,(H,81,82)(H,83,84). The number of ether oxygens (including phenoxy) is 11. The van der Waals surface area contributed by atoms with E-state index in [1.54, 1.807) is 30.3 Å². The zero-order chi connectivity index (χ0) is 70.8. The van der Waals surface area contributed by atoms with E-state index < -0.39 is 247 Å². The molecule has 30 nitrogen and oxygen atoms in total. The molecule has 0 bridgehead atoms. The average Bonchev–Trinajstić information content (AvgIpc) is 1.11. The first-order chi connectivity index (χ1) is 45.4. The van der Waals surface area contributed by atoms with Crippen LogP contribution in [0.1, 0.15) is 112 Å². The molecule has 97 heavy (non-hydrogen) atoms. The van der Waals surface area contributed by atoms with Crippen molar-refractivity contribution >= 4 is 30.0 Å². The van der Waals surface area contributed by atoms with Gasteiger partial charge in [0.1, 0.15) is 84.3 Å². The number of hydrogen-bond donors (Lipinski definition) is 15. The van der Waals surface area contributed by atoms with Gasteiger partial charge < -0.3 is 129 Å². The van der Waals surface area contributed by atoms with Gasteiger partial charge in [0.25, 0.3) is 0 Å². The Morgan fingerprint density at radius 2 is 1.24 bits per heavy atom. The zero-order valence-electron chi connectivity index (χ0n) is 55.3. The third-order valence-corrected chi connectivity index (χ3v) is 24.3. The van der Waals surface area contributed by atoms with E-state index in [0.29, 0.717) is 31.2 Å². The molecule has 1 aromatic rings. The van der Waals surface area contributed by atoms with Crippen molar-refractivity contribution in [3.63, 3.8) is 0 Å². The number of hydrogen-bond acceptors (Lipinski definition) is 28. The highest BCUT2D eigenvalue weighted by Crippen LogP contribution is 2.76. The number of fused-ring (bicyclic) bond motifs is 7. The summed E-state index contributed by atoms with van der Waals surface area (Å²) < 4.78 is 65.5. The van der Waals surface area contributed by atoms with Gasteiger partial charge in [-0.15, -0.1) is 0 Å². The van der Waals surface area contributed by atoms with E-state index in [2.05, 4.69) is 26.8 Å². The number of carboxylic acids is 2. The number of aliphatic hydroxyl groups excluding tert-OH is 12. The largest absolute Gasteiger partial charge is 0.481 e. The number of rotatable bonds is 16. The van der Waals surface area contributed by atoms with Gasteiger partial charge in [0, 0.05) is 6.08 Å². The fraction of sp³-hybridized carbons (Fsp3) is 0.791. The van der Waals surface area contributed by atoms with Crippen LogP contribution in [-0.4, -0.2) is 273 Å². The minimum absolute atomic E-state index is 0.0321. The Bertz CT molecular complexity index is 3100. The van der Waals surface area contributed by atoms with Crippen molar-refractivity contribution in [2.24, 2.45) is 50.2 Å². The third-order valence-electron chi connectivity index (χ3n) is 24.3. The molecule has 5 saturated heterocycles. The van der Waals surface area contributed by atoms with Crippen LogP contribution in [0.2, 0.25) is 0 Å². The zero-order valence-corrected chi connectivity index (χ0v) is 55.3. The summed E-state index contributed by atoms with van der Waals surface area (Å²) in [4.78, 5) is 56.6. The molecular formula is C67H96O30. The van der Waals surface area contributed by atoms with Gasteiger partial charge in [0.2, 0.25) is 6.29 Å². The van der Waals surface area contributed by atoms with Gasteiger partial charge >= 0.3 is 23.9 Å². The van der Waals surface area contributed by atoms with E-state index in [0.717, 1.165) is 11.6 Å². The molecular weight excluding hydrogens is 1280 g/mol. The average molecular weight is 1380 g/mol. The van der Waals surface area contributed by atoms with Crippen LogP contribution < -0.4 is 0 Å². The second-order valence-corrected chi connectivity index (χ2v) is 30.5. The Morgan fingerprint density at radius 3 is 1.88 bits per heavy atom. The number of aliphatic hydroxyl groups is 13. The van der Waals surface area contributed by atoms with Crippen LogP contribution in [-0.2, 0) is 71.3 Å². The van der Waals surface area contributed by atoms with Crippen molar-refractivity contribution in [3.8, 4) is 0 Å². The number of carbonyl (C=O) groups excluding carboxylic acids is 2. The topological polar surface area (TPSA) is 473 Å². The Kier molecular flexibility index (Phi) is 20.7. The molecule has 5 heterocycles. The number of allylic oxidation sites excluding steroid dienone is 2. The van der Waals surface area contributed by atoms with Gasteiger partial charge in [0.05, 0.1) is 49.7 Å². The van der Waals surface area contributed by atoms with Gasteiger partial charge in [-0.25, -0.2) is 9.59 Å². The number of benzene rings is 1. The summed E-state index contributed by atoms with van der Waals surface area (Å²) in [6, 6.07) is 8.72. The maximum absolute atomic E-state index is 16.0. The summed E-state index contributed by atoms with van der Waals surface area (Å²) in [6.07, 6.45) is -36.8. The summed E-state index contributed by atoms with van der Waals surface area (Å²) in [5.74, 6) is -7.05. The van der Waals surface area contributed by atoms with Gasteiger partial charge in [-0.3, -0.25) is 9.59 Å². The molecule has 1 aromatic carbocycles. The fourth-order valence-electron chi connectivity index (χ4n) is 18.5. The molecule has 0 spiro atoms. The van der Waals surface area contributed by atoms with Crippen LogP contribution in [0.4, 0.5) is 0 Å². The highest BCUT2D eigenvalue weighted by Gasteiger charge is 2.75. The van der Waals surface area contributed by atoms with Gasteiger partial charge in [-0.1, -0.05) is 76.6 Å². The molecule has 0 amide bonds. The number of aliphatic carboxylic acids is 2. The fourth-order valence-corrected chi connectivity index (χ4v) is 18.5. The van der Waals surface area contributed by atoms with Crippen LogP contribution in [0, 0.1) is 50.2 Å². The second-order valence-electron chi connectivity index (χ2n) is 30.5. The van der Waals surface area contributed by atoms with E-state index in [4.69, 9.17) is 52.1 Å². The Morgan fingerprint density at radius 1 is 0.619 bits per heavy atom. The maximum Gasteiger partial charge on any atom is 0.335 e. The first-order valence-electron chi connectivity index (χ1n) is 33.4. The van der Waals surface area contributed by atoms with E-state index >= 15 is 4.79 Å². The predicted octanol–water partition coefficient (Wildman–Crippen LogP) is -1.51. The van der Waals surface area contributed by atoms with Crippen molar-refractivity contribution in [2.45, 2.75) is 260 Å². The van der Waals surface area contributed by atoms with E-state index in [1.165, 1.54) is 26.8 Å². The molecule has 11 rings (SSSR count).